The van der Waals surface area contributed by atoms with Crippen LogP contribution in [0.2, 0.25) is 0 Å². The average Bonchev–Trinajstić information content (AvgIpc) is 2.70. The summed E-state index contributed by atoms with van der Waals surface area (Å²) < 4.78 is 0. The van der Waals surface area contributed by atoms with Gasteiger partial charge >= 0.3 is 0 Å². The lowest BCUT2D eigenvalue weighted by Crippen LogP contribution is -2.48. The fraction of sp³-hybridized carbons (Fsp3) is 1.00. The summed E-state index contributed by atoms with van der Waals surface area (Å²) in [7, 11) is 0. The van der Waals surface area contributed by atoms with Crippen LogP contribution in [0.15, 0.2) is 0 Å². The van der Waals surface area contributed by atoms with Gasteiger partial charge in [-0.15, -0.1) is 0 Å². The van der Waals surface area contributed by atoms with Crippen molar-refractivity contribution in [2.45, 2.75) is 77.8 Å². The van der Waals surface area contributed by atoms with Gasteiger partial charge in [0.1, 0.15) is 0 Å². The van der Waals surface area contributed by atoms with Crippen molar-refractivity contribution >= 4 is 0 Å². The van der Waals surface area contributed by atoms with Crippen molar-refractivity contribution in [2.75, 3.05) is 19.6 Å². The first kappa shape index (κ1) is 14.3. The molecule has 2 heteroatoms. The maximum atomic E-state index is 3.76. The summed E-state index contributed by atoms with van der Waals surface area (Å²) in [6.07, 6.45) is 10.0. The van der Waals surface area contributed by atoms with E-state index in [-0.39, 0.29) is 0 Å². The molecule has 1 unspecified atom stereocenters. The van der Waals surface area contributed by atoms with Crippen molar-refractivity contribution in [3.8, 4) is 0 Å². The van der Waals surface area contributed by atoms with Gasteiger partial charge in [-0.05, 0) is 37.8 Å². The van der Waals surface area contributed by atoms with Crippen molar-refractivity contribution in [1.82, 2.24) is 10.2 Å². The van der Waals surface area contributed by atoms with Gasteiger partial charge in [0.2, 0.25) is 0 Å². The van der Waals surface area contributed by atoms with E-state index in [1.54, 1.807) is 0 Å². The third kappa shape index (κ3) is 3.96. The van der Waals surface area contributed by atoms with Gasteiger partial charge in [0, 0.05) is 18.6 Å². The molecule has 1 saturated carbocycles. The summed E-state index contributed by atoms with van der Waals surface area (Å²) in [6, 6.07) is 1.53. The molecular weight excluding hydrogens is 220 g/mol. The van der Waals surface area contributed by atoms with Crippen LogP contribution in [0.25, 0.3) is 0 Å². The quantitative estimate of drug-likeness (QED) is 0.719. The van der Waals surface area contributed by atoms with Gasteiger partial charge in [-0.25, -0.2) is 0 Å². The first-order valence-corrected chi connectivity index (χ1v) is 8.05. The largest absolute Gasteiger partial charge is 0.312 e. The van der Waals surface area contributed by atoms with Gasteiger partial charge in [-0.1, -0.05) is 46.5 Å². The molecule has 2 aliphatic rings. The zero-order chi connectivity index (χ0) is 13.0. The number of nitrogens with one attached hydrogen (secondary N) is 1. The van der Waals surface area contributed by atoms with Crippen LogP contribution in [-0.2, 0) is 0 Å². The molecule has 0 aromatic rings. The molecule has 0 aromatic carbocycles. The molecule has 18 heavy (non-hydrogen) atoms. The Balaban J connectivity index is 1.97. The van der Waals surface area contributed by atoms with Crippen LogP contribution in [0, 0.1) is 5.41 Å². The highest BCUT2D eigenvalue weighted by molar-refractivity contribution is 4.88. The molecule has 1 atom stereocenters. The molecule has 106 valence electrons. The molecule has 2 fully saturated rings. The topological polar surface area (TPSA) is 15.3 Å². The third-order valence-electron chi connectivity index (χ3n) is 4.82. The summed E-state index contributed by atoms with van der Waals surface area (Å²) >= 11 is 0. The molecule has 1 heterocycles. The normalized spacial score (nSPS) is 29.8. The maximum Gasteiger partial charge on any atom is 0.0243 e. The van der Waals surface area contributed by atoms with E-state index in [2.05, 4.69) is 31.0 Å². The van der Waals surface area contributed by atoms with Crippen LogP contribution >= 0.6 is 0 Å². The maximum absolute atomic E-state index is 3.76. The van der Waals surface area contributed by atoms with E-state index in [0.717, 1.165) is 6.04 Å². The van der Waals surface area contributed by atoms with Gasteiger partial charge in [0.05, 0.1) is 0 Å². The molecule has 2 rings (SSSR count). The molecule has 0 radical (unpaired) electrons. The molecule has 0 aromatic heterocycles. The van der Waals surface area contributed by atoms with E-state index in [4.69, 9.17) is 0 Å². The monoisotopic (exact) mass is 252 g/mol. The van der Waals surface area contributed by atoms with Crippen molar-refractivity contribution in [3.05, 3.63) is 0 Å². The van der Waals surface area contributed by atoms with Crippen LogP contribution in [-0.4, -0.2) is 36.6 Å². The Morgan fingerprint density at radius 3 is 2.22 bits per heavy atom. The Morgan fingerprint density at radius 1 is 0.944 bits per heavy atom. The number of nitrogens with zero attached hydrogens (tertiary/aromatic N) is 1. The van der Waals surface area contributed by atoms with Crippen molar-refractivity contribution in [3.63, 3.8) is 0 Å². The first-order valence-electron chi connectivity index (χ1n) is 8.05. The van der Waals surface area contributed by atoms with Crippen LogP contribution in [0.1, 0.15) is 65.7 Å². The Morgan fingerprint density at radius 2 is 1.61 bits per heavy atom. The van der Waals surface area contributed by atoms with E-state index < -0.39 is 0 Å². The Labute approximate surface area is 114 Å². The smallest absolute Gasteiger partial charge is 0.0243 e. The molecule has 2 nitrogen and oxygen atoms in total. The predicted molar refractivity (Wildman–Crippen MR) is 78.9 cm³/mol. The fourth-order valence-corrected chi connectivity index (χ4v) is 3.48. The Bertz CT molecular complexity index is 236. The Hall–Kier alpha value is -0.0800. The second kappa shape index (κ2) is 6.38. The standard InChI is InChI=1S/C16H32N2/c1-16(2,3)15-13-18(12-8-11-17-15)14-9-6-4-5-7-10-14/h14-15,17H,4-13H2,1-3H3. The summed E-state index contributed by atoms with van der Waals surface area (Å²) in [6.45, 7) is 10.9. The summed E-state index contributed by atoms with van der Waals surface area (Å²) in [5.41, 5.74) is 0.382. The second-order valence-corrected chi connectivity index (χ2v) is 7.37. The third-order valence-corrected chi connectivity index (χ3v) is 4.82. The molecular formula is C16H32N2. The molecule has 1 saturated heterocycles. The fourth-order valence-electron chi connectivity index (χ4n) is 3.48. The van der Waals surface area contributed by atoms with Gasteiger partial charge in [-0.2, -0.15) is 0 Å². The number of rotatable bonds is 1. The highest BCUT2D eigenvalue weighted by atomic mass is 15.2. The lowest BCUT2D eigenvalue weighted by atomic mass is 9.86. The molecule has 1 aliphatic carbocycles. The summed E-state index contributed by atoms with van der Waals surface area (Å²) in [5.74, 6) is 0. The van der Waals surface area contributed by atoms with Crippen LogP contribution in [0.3, 0.4) is 0 Å². The molecule has 0 amide bonds. The van der Waals surface area contributed by atoms with Crippen LogP contribution in [0.4, 0.5) is 0 Å². The molecule has 1 aliphatic heterocycles. The molecule has 0 bridgehead atoms. The van der Waals surface area contributed by atoms with Gasteiger partial charge in [-0.3, -0.25) is 4.90 Å². The van der Waals surface area contributed by atoms with Crippen LogP contribution in [0.5, 0.6) is 0 Å². The van der Waals surface area contributed by atoms with Gasteiger partial charge in [0.15, 0.2) is 0 Å². The number of hydrogen-bond donors (Lipinski definition) is 1. The minimum Gasteiger partial charge on any atom is -0.312 e. The lowest BCUT2D eigenvalue weighted by Gasteiger charge is -2.37. The van der Waals surface area contributed by atoms with Crippen molar-refractivity contribution < 1.29 is 0 Å². The van der Waals surface area contributed by atoms with Crippen molar-refractivity contribution in [1.29, 1.82) is 0 Å². The number of hydrogen-bond acceptors (Lipinski definition) is 2. The highest BCUT2D eigenvalue weighted by Crippen LogP contribution is 2.26. The van der Waals surface area contributed by atoms with E-state index in [1.807, 2.05) is 0 Å². The van der Waals surface area contributed by atoms with E-state index in [0.29, 0.717) is 11.5 Å². The van der Waals surface area contributed by atoms with E-state index >= 15 is 0 Å². The predicted octanol–water partition coefficient (Wildman–Crippen LogP) is 3.42. The first-order chi connectivity index (χ1) is 8.57. The van der Waals surface area contributed by atoms with E-state index in [9.17, 15) is 0 Å². The van der Waals surface area contributed by atoms with E-state index in [1.165, 1.54) is 64.6 Å². The summed E-state index contributed by atoms with van der Waals surface area (Å²) in [5, 5.41) is 3.76. The lowest BCUT2D eigenvalue weighted by molar-refractivity contribution is 0.142. The second-order valence-electron chi connectivity index (χ2n) is 7.37. The Kier molecular flexibility index (Phi) is 5.08. The minimum absolute atomic E-state index is 0.382. The molecule has 0 spiro atoms. The zero-order valence-corrected chi connectivity index (χ0v) is 12.7. The minimum atomic E-state index is 0.382. The van der Waals surface area contributed by atoms with Gasteiger partial charge in [0.25, 0.3) is 0 Å². The van der Waals surface area contributed by atoms with Crippen molar-refractivity contribution in [2.24, 2.45) is 5.41 Å². The zero-order valence-electron chi connectivity index (χ0n) is 12.7. The van der Waals surface area contributed by atoms with Gasteiger partial charge < -0.3 is 5.32 Å². The summed E-state index contributed by atoms with van der Waals surface area (Å²) in [4.78, 5) is 2.81. The average molecular weight is 252 g/mol. The SMILES string of the molecule is CC(C)(C)C1CN(C2CCCCCC2)CCCN1. The highest BCUT2D eigenvalue weighted by Gasteiger charge is 2.30. The molecule has 1 N–H and O–H groups in total. The van der Waals surface area contributed by atoms with Crippen LogP contribution < -0.4 is 5.32 Å².